The lowest BCUT2D eigenvalue weighted by Gasteiger charge is -0.837. The SMILES string of the molecule is C=O.[Si].[Si]. The number of hydrogen-bond acceptors (Lipinski definition) is 1. The van der Waals surface area contributed by atoms with E-state index in [1.807, 2.05) is 6.79 Å². The van der Waals surface area contributed by atoms with Gasteiger partial charge in [0.15, 0.2) is 0 Å². The third-order valence-electron chi connectivity index (χ3n) is 0. The van der Waals surface area contributed by atoms with Crippen LogP contribution in [0.5, 0.6) is 0 Å². The Labute approximate surface area is 34.4 Å². The molecule has 0 N–H and O–H groups in total. The first kappa shape index (κ1) is 32.4. The lowest BCUT2D eigenvalue weighted by Crippen LogP contribution is -0.925. The van der Waals surface area contributed by atoms with Crippen LogP contribution in [-0.2, 0) is 4.79 Å². The summed E-state index contributed by atoms with van der Waals surface area (Å²) in [7, 11) is 0. The van der Waals surface area contributed by atoms with Crippen molar-refractivity contribution in [1.82, 2.24) is 0 Å². The molecule has 0 aliphatic rings. The van der Waals surface area contributed by atoms with Crippen molar-refractivity contribution < 1.29 is 4.79 Å². The fourth-order valence-electron chi connectivity index (χ4n) is 0. The molecule has 0 heterocycles. The number of rotatable bonds is 0. The Bertz CT molecular complexity index is 6.00. The lowest BCUT2D eigenvalue weighted by atomic mass is 11.9. The van der Waals surface area contributed by atoms with E-state index < -0.39 is 0 Å². The Morgan fingerprint density at radius 3 is 1.00 bits per heavy atom. The topological polar surface area (TPSA) is 17.1 Å². The highest BCUT2D eigenvalue weighted by Crippen LogP contribution is 0.494. The van der Waals surface area contributed by atoms with Crippen molar-refractivity contribution in [3.05, 3.63) is 0 Å². The van der Waals surface area contributed by atoms with Gasteiger partial charge in [0, 0.05) is 21.9 Å². The average molecular weight is 86.2 g/mol. The summed E-state index contributed by atoms with van der Waals surface area (Å²) in [4.78, 5) is 8.00. The summed E-state index contributed by atoms with van der Waals surface area (Å²) in [5.74, 6) is 0. The molecule has 4 heavy (non-hydrogen) atoms. The molecule has 0 saturated carbocycles. The minimum atomic E-state index is 0. The zero-order valence-electron chi connectivity index (χ0n) is 2.12. The van der Waals surface area contributed by atoms with Crippen molar-refractivity contribution in [1.29, 1.82) is 0 Å². The molecule has 0 unspecified atom stereocenters. The van der Waals surface area contributed by atoms with E-state index in [2.05, 4.69) is 0 Å². The molecule has 0 aliphatic carbocycles. The summed E-state index contributed by atoms with van der Waals surface area (Å²) < 4.78 is 0. The largest absolute Gasteiger partial charge is 0.307 e. The second-order valence-electron chi connectivity index (χ2n) is 0. The van der Waals surface area contributed by atoms with Crippen LogP contribution >= 0.6 is 0 Å². The maximum Gasteiger partial charge on any atom is 0.106 e. The first-order valence-electron chi connectivity index (χ1n) is 0.289. The van der Waals surface area contributed by atoms with Crippen LogP contribution in [0.15, 0.2) is 0 Å². The van der Waals surface area contributed by atoms with Crippen molar-refractivity contribution in [3.8, 4) is 0 Å². The Morgan fingerprint density at radius 1 is 1.00 bits per heavy atom. The van der Waals surface area contributed by atoms with Gasteiger partial charge in [-0.05, 0) is 0 Å². The van der Waals surface area contributed by atoms with Crippen molar-refractivity contribution in [2.75, 3.05) is 0 Å². The predicted octanol–water partition coefficient (Wildman–Crippen LogP) is -0.947. The molecule has 0 atom stereocenters. The maximum absolute atomic E-state index is 8.00. The van der Waals surface area contributed by atoms with E-state index in [0.717, 1.165) is 0 Å². The maximum atomic E-state index is 8.00. The Balaban J connectivity index is -0.00000000500. The molecule has 0 aromatic carbocycles. The first-order valence-corrected chi connectivity index (χ1v) is 0.289. The van der Waals surface area contributed by atoms with Gasteiger partial charge < -0.3 is 4.79 Å². The van der Waals surface area contributed by atoms with Crippen LogP contribution in [0.25, 0.3) is 0 Å². The predicted molar refractivity (Wildman–Crippen MR) is 18.6 cm³/mol. The van der Waals surface area contributed by atoms with Gasteiger partial charge in [0.25, 0.3) is 0 Å². The molecule has 0 rings (SSSR count). The Kier molecular flexibility index (Phi) is 10300. The van der Waals surface area contributed by atoms with E-state index in [-0.39, 0.29) is 21.9 Å². The van der Waals surface area contributed by atoms with E-state index >= 15 is 0 Å². The highest BCUT2D eigenvalue weighted by molar-refractivity contribution is 5.76. The molecule has 0 bridgehead atoms. The van der Waals surface area contributed by atoms with E-state index in [0.29, 0.717) is 0 Å². The smallest absolute Gasteiger partial charge is 0.106 e. The quantitative estimate of drug-likeness (QED) is 0.347. The van der Waals surface area contributed by atoms with Crippen molar-refractivity contribution in [2.45, 2.75) is 0 Å². The molecular weight excluding hydrogens is 84.2 g/mol. The van der Waals surface area contributed by atoms with E-state index in [1.54, 1.807) is 0 Å². The van der Waals surface area contributed by atoms with Crippen molar-refractivity contribution >= 4 is 28.7 Å². The third kappa shape index (κ3) is 238. The summed E-state index contributed by atoms with van der Waals surface area (Å²) in [6.45, 7) is 2.00. The van der Waals surface area contributed by atoms with E-state index in [4.69, 9.17) is 4.79 Å². The van der Waals surface area contributed by atoms with Gasteiger partial charge in [-0.25, -0.2) is 0 Å². The van der Waals surface area contributed by atoms with Gasteiger partial charge in [-0.15, -0.1) is 0 Å². The highest BCUT2D eigenvalue weighted by Gasteiger charge is 0.636. The standard InChI is InChI=1S/CH2O.2Si/c1-2;;/h1H2;;. The third-order valence-corrected chi connectivity index (χ3v) is 0. The van der Waals surface area contributed by atoms with Gasteiger partial charge in [0.2, 0.25) is 0 Å². The molecule has 3 heteroatoms. The van der Waals surface area contributed by atoms with Crippen LogP contribution in [0.3, 0.4) is 0 Å². The molecule has 8 radical (unpaired) electrons. The Morgan fingerprint density at radius 2 is 1.00 bits per heavy atom. The van der Waals surface area contributed by atoms with Crippen LogP contribution in [0.2, 0.25) is 0 Å². The van der Waals surface area contributed by atoms with Crippen LogP contribution in [0, 0.1) is 0 Å². The highest BCUT2D eigenvalue weighted by atomic mass is 28.1. The van der Waals surface area contributed by atoms with Gasteiger partial charge in [-0.2, -0.15) is 0 Å². The normalized spacial score (nSPS) is 1.00. The van der Waals surface area contributed by atoms with Crippen LogP contribution in [0.4, 0.5) is 0 Å². The van der Waals surface area contributed by atoms with Gasteiger partial charge in [0.1, 0.15) is 6.79 Å². The van der Waals surface area contributed by atoms with Crippen molar-refractivity contribution in [3.63, 3.8) is 0 Å². The number of hydrogen-bond donors (Lipinski definition) is 0. The zero-order valence-corrected chi connectivity index (χ0v) is 4.12. The van der Waals surface area contributed by atoms with Crippen LogP contribution in [-0.4, -0.2) is 28.7 Å². The lowest BCUT2D eigenvalue weighted by molar-refractivity contribution is -0.0979. The fraction of sp³-hybridized carbons (Fsp3) is 0. The van der Waals surface area contributed by atoms with Gasteiger partial charge in [0.05, 0.1) is 0 Å². The minimum Gasteiger partial charge on any atom is -0.307 e. The molecule has 1 nitrogen and oxygen atoms in total. The molecule has 0 amide bonds. The minimum absolute atomic E-state index is 0. The average Bonchev–Trinajstić information content (AvgIpc) is 1.00. The van der Waals surface area contributed by atoms with Crippen molar-refractivity contribution in [2.24, 2.45) is 0 Å². The molecule has 0 aromatic heterocycles. The molecular formula is CH2OSi2. The van der Waals surface area contributed by atoms with E-state index in [1.165, 1.54) is 0 Å². The molecule has 0 aromatic rings. The van der Waals surface area contributed by atoms with Gasteiger partial charge in [-0.3, -0.25) is 0 Å². The molecule has 0 fully saturated rings. The summed E-state index contributed by atoms with van der Waals surface area (Å²) in [5, 5.41) is 0. The fourth-order valence-corrected chi connectivity index (χ4v) is 0. The van der Waals surface area contributed by atoms with Gasteiger partial charge >= 0.3 is 0 Å². The van der Waals surface area contributed by atoms with Crippen LogP contribution < -0.4 is 0 Å². The summed E-state index contributed by atoms with van der Waals surface area (Å²) in [6, 6.07) is 0. The second kappa shape index (κ2) is 1280. The molecule has 0 saturated heterocycles. The first-order chi connectivity index (χ1) is 1.00. The monoisotopic (exact) mass is 86.0 g/mol. The Hall–Kier alpha value is 0.104. The zero-order chi connectivity index (χ0) is 2.00. The molecule has 0 spiro atoms. The molecule has 20 valence electrons. The summed E-state index contributed by atoms with van der Waals surface area (Å²) >= 11 is 0. The summed E-state index contributed by atoms with van der Waals surface area (Å²) in [5.41, 5.74) is 0. The second-order valence-corrected chi connectivity index (χ2v) is 0. The number of carbonyl (C=O) groups is 1. The molecule has 0 aliphatic heterocycles. The summed E-state index contributed by atoms with van der Waals surface area (Å²) in [6.07, 6.45) is 0. The van der Waals surface area contributed by atoms with E-state index in [9.17, 15) is 0 Å². The van der Waals surface area contributed by atoms with Gasteiger partial charge in [-0.1, -0.05) is 0 Å². The van der Waals surface area contributed by atoms with Crippen LogP contribution in [0.1, 0.15) is 0 Å². The number of carbonyl (C=O) groups excluding carboxylic acids is 1.